The van der Waals surface area contributed by atoms with E-state index in [4.69, 9.17) is 9.47 Å². The van der Waals surface area contributed by atoms with Gasteiger partial charge in [0.05, 0.1) is 37.2 Å². The minimum absolute atomic E-state index is 0.0221. The Labute approximate surface area is 206 Å². The highest BCUT2D eigenvalue weighted by molar-refractivity contribution is 6.01. The number of para-hydroxylation sites is 2. The van der Waals surface area contributed by atoms with Crippen LogP contribution in [-0.2, 0) is 11.0 Å². The van der Waals surface area contributed by atoms with Crippen LogP contribution in [0.5, 0.6) is 11.5 Å². The second-order valence-electron chi connectivity index (χ2n) is 8.87. The highest BCUT2D eigenvalue weighted by Crippen LogP contribution is 2.47. The van der Waals surface area contributed by atoms with Crippen molar-refractivity contribution in [3.63, 3.8) is 0 Å². The van der Waals surface area contributed by atoms with E-state index in [0.717, 1.165) is 11.6 Å². The zero-order valence-corrected chi connectivity index (χ0v) is 19.8. The molecule has 0 amide bonds. The Morgan fingerprint density at radius 2 is 1.56 bits per heavy atom. The molecule has 0 radical (unpaired) electrons. The molecule has 186 valence electrons. The SMILES string of the molecule is COc1ccc([C@H]2CC(=O)C3=C(C2)Nc2ccccc2N[C@H]3c2ccccc2C(F)(F)F)cc1OC. The van der Waals surface area contributed by atoms with Crippen molar-refractivity contribution in [3.8, 4) is 11.5 Å². The molecule has 2 atom stereocenters. The lowest BCUT2D eigenvalue weighted by Crippen LogP contribution is -2.28. The van der Waals surface area contributed by atoms with Crippen molar-refractivity contribution in [3.05, 3.63) is 94.7 Å². The van der Waals surface area contributed by atoms with E-state index in [-0.39, 0.29) is 23.7 Å². The van der Waals surface area contributed by atoms with Crippen LogP contribution in [0.1, 0.15) is 41.5 Å². The van der Waals surface area contributed by atoms with Gasteiger partial charge in [-0.25, -0.2) is 0 Å². The summed E-state index contributed by atoms with van der Waals surface area (Å²) < 4.78 is 52.7. The maximum Gasteiger partial charge on any atom is 0.416 e. The first-order valence-corrected chi connectivity index (χ1v) is 11.6. The number of hydrogen-bond donors (Lipinski definition) is 2. The number of nitrogens with one attached hydrogen (secondary N) is 2. The number of halogens is 3. The first kappa shape index (κ1) is 23.8. The van der Waals surface area contributed by atoms with Crippen molar-refractivity contribution in [1.82, 2.24) is 0 Å². The third-order valence-corrected chi connectivity index (χ3v) is 6.77. The number of fused-ring (bicyclic) bond motifs is 1. The van der Waals surface area contributed by atoms with Crippen molar-refractivity contribution in [2.75, 3.05) is 24.9 Å². The average Bonchev–Trinajstić information content (AvgIpc) is 3.04. The number of methoxy groups -OCH3 is 2. The molecule has 1 heterocycles. The summed E-state index contributed by atoms with van der Waals surface area (Å²) in [5.41, 5.74) is 2.44. The van der Waals surface area contributed by atoms with Gasteiger partial charge in [-0.1, -0.05) is 36.4 Å². The molecule has 0 unspecified atom stereocenters. The monoisotopic (exact) mass is 494 g/mol. The zero-order chi connectivity index (χ0) is 25.4. The number of allylic oxidation sites excluding steroid dienone is 1. The minimum Gasteiger partial charge on any atom is -0.493 e. The summed E-state index contributed by atoms with van der Waals surface area (Å²) >= 11 is 0. The predicted octanol–water partition coefficient (Wildman–Crippen LogP) is 6.70. The molecule has 0 fully saturated rings. The normalized spacial score (nSPS) is 19.4. The van der Waals surface area contributed by atoms with Gasteiger partial charge in [0.15, 0.2) is 17.3 Å². The first-order valence-electron chi connectivity index (χ1n) is 11.6. The molecule has 0 spiro atoms. The lowest BCUT2D eigenvalue weighted by atomic mass is 9.78. The van der Waals surface area contributed by atoms with E-state index in [2.05, 4.69) is 10.6 Å². The third kappa shape index (κ3) is 4.27. The van der Waals surface area contributed by atoms with E-state index in [1.54, 1.807) is 38.5 Å². The summed E-state index contributed by atoms with van der Waals surface area (Å²) in [7, 11) is 3.10. The Morgan fingerprint density at radius 1 is 0.861 bits per heavy atom. The molecule has 5 rings (SSSR count). The standard InChI is InChI=1S/C28H25F3N2O3/c1-35-24-12-11-16(15-25(24)36-2)17-13-22-26(23(34)14-17)27(33-21-10-6-5-9-20(21)32-22)18-7-3-4-8-19(18)28(29,30)31/h3-12,15,17,27,32-33H,13-14H2,1-2H3/t17-,27+/m1/s1. The van der Waals surface area contributed by atoms with Crippen molar-refractivity contribution >= 4 is 17.2 Å². The molecule has 0 bridgehead atoms. The van der Waals surface area contributed by atoms with E-state index in [1.807, 2.05) is 24.3 Å². The number of anilines is 2. The molecule has 2 N–H and O–H groups in total. The molecule has 0 aromatic heterocycles. The summed E-state index contributed by atoms with van der Waals surface area (Å²) in [6, 6.07) is 17.3. The molecule has 1 aliphatic heterocycles. The number of hydrogen-bond acceptors (Lipinski definition) is 5. The lowest BCUT2D eigenvalue weighted by Gasteiger charge is -2.31. The summed E-state index contributed by atoms with van der Waals surface area (Å²) in [4.78, 5) is 13.7. The number of Topliss-reactive ketones (excluding diaryl/α,β-unsaturated/α-hetero) is 1. The highest BCUT2D eigenvalue weighted by Gasteiger charge is 2.41. The van der Waals surface area contributed by atoms with Crippen LogP contribution in [0.25, 0.3) is 0 Å². The van der Waals surface area contributed by atoms with Crippen molar-refractivity contribution < 1.29 is 27.4 Å². The largest absolute Gasteiger partial charge is 0.493 e. The van der Waals surface area contributed by atoms with Gasteiger partial charge in [0, 0.05) is 17.7 Å². The van der Waals surface area contributed by atoms with E-state index < -0.39 is 17.8 Å². The van der Waals surface area contributed by atoms with Crippen LogP contribution in [0.2, 0.25) is 0 Å². The van der Waals surface area contributed by atoms with E-state index in [9.17, 15) is 18.0 Å². The van der Waals surface area contributed by atoms with Crippen molar-refractivity contribution in [2.24, 2.45) is 0 Å². The Hall–Kier alpha value is -3.94. The minimum atomic E-state index is -4.56. The van der Waals surface area contributed by atoms with Crippen LogP contribution in [-0.4, -0.2) is 20.0 Å². The summed E-state index contributed by atoms with van der Waals surface area (Å²) in [6.45, 7) is 0. The molecule has 8 heteroatoms. The quantitative estimate of drug-likeness (QED) is 0.423. The number of carbonyl (C=O) groups excluding carboxylic acids is 1. The fourth-order valence-electron chi connectivity index (χ4n) is 5.07. The Balaban J connectivity index is 1.62. The Morgan fingerprint density at radius 3 is 2.28 bits per heavy atom. The fourth-order valence-corrected chi connectivity index (χ4v) is 5.07. The first-order chi connectivity index (χ1) is 17.3. The molecule has 1 aliphatic carbocycles. The van der Waals surface area contributed by atoms with E-state index in [1.165, 1.54) is 12.1 Å². The van der Waals surface area contributed by atoms with Gasteiger partial charge in [-0.3, -0.25) is 4.79 Å². The number of benzene rings is 3. The second-order valence-corrected chi connectivity index (χ2v) is 8.87. The van der Waals surface area contributed by atoms with Crippen LogP contribution < -0.4 is 20.1 Å². The van der Waals surface area contributed by atoms with Gasteiger partial charge in [0.1, 0.15) is 0 Å². The molecular formula is C28H25F3N2O3. The Bertz CT molecular complexity index is 1350. The smallest absolute Gasteiger partial charge is 0.416 e. The maximum absolute atomic E-state index is 14.0. The van der Waals surface area contributed by atoms with E-state index >= 15 is 0 Å². The van der Waals surface area contributed by atoms with Crippen molar-refractivity contribution in [1.29, 1.82) is 0 Å². The van der Waals surface area contributed by atoms with Crippen LogP contribution in [0, 0.1) is 0 Å². The molecular weight excluding hydrogens is 469 g/mol. The number of alkyl halides is 3. The average molecular weight is 495 g/mol. The lowest BCUT2D eigenvalue weighted by molar-refractivity contribution is -0.138. The summed E-state index contributed by atoms with van der Waals surface area (Å²) in [5, 5.41) is 6.59. The molecule has 5 nitrogen and oxygen atoms in total. The van der Waals surface area contributed by atoms with Gasteiger partial charge >= 0.3 is 6.18 Å². The molecule has 36 heavy (non-hydrogen) atoms. The number of ether oxygens (including phenoxy) is 2. The number of rotatable bonds is 4. The number of ketones is 1. The molecule has 0 saturated heterocycles. The Kier molecular flexibility index (Phi) is 6.12. The van der Waals surface area contributed by atoms with E-state index in [0.29, 0.717) is 40.6 Å². The fraction of sp³-hybridized carbons (Fsp3) is 0.250. The van der Waals surface area contributed by atoms with Gasteiger partial charge in [0.25, 0.3) is 0 Å². The van der Waals surface area contributed by atoms with Gasteiger partial charge in [0.2, 0.25) is 0 Å². The highest BCUT2D eigenvalue weighted by atomic mass is 19.4. The van der Waals surface area contributed by atoms with Crippen LogP contribution in [0.4, 0.5) is 24.5 Å². The zero-order valence-electron chi connectivity index (χ0n) is 19.8. The summed E-state index contributed by atoms with van der Waals surface area (Å²) in [5.74, 6) is 0.760. The van der Waals surface area contributed by atoms with Gasteiger partial charge in [-0.15, -0.1) is 0 Å². The van der Waals surface area contributed by atoms with Crippen molar-refractivity contribution in [2.45, 2.75) is 31.0 Å². The van der Waals surface area contributed by atoms with Crippen LogP contribution in [0.3, 0.4) is 0 Å². The molecule has 3 aromatic carbocycles. The topological polar surface area (TPSA) is 59.6 Å². The van der Waals surface area contributed by atoms with Gasteiger partial charge in [-0.05, 0) is 53.8 Å². The van der Waals surface area contributed by atoms with Crippen LogP contribution in [0.15, 0.2) is 78.0 Å². The summed E-state index contributed by atoms with van der Waals surface area (Å²) in [6.07, 6.45) is -3.94. The predicted molar refractivity (Wildman–Crippen MR) is 131 cm³/mol. The maximum atomic E-state index is 14.0. The third-order valence-electron chi connectivity index (χ3n) is 6.77. The number of carbonyl (C=O) groups is 1. The second kappa shape index (κ2) is 9.26. The molecule has 3 aromatic rings. The molecule has 2 aliphatic rings. The van der Waals surface area contributed by atoms with Crippen LogP contribution >= 0.6 is 0 Å². The molecule has 0 saturated carbocycles. The van der Waals surface area contributed by atoms with Gasteiger partial charge in [-0.2, -0.15) is 13.2 Å². The van der Waals surface area contributed by atoms with Gasteiger partial charge < -0.3 is 20.1 Å².